The summed E-state index contributed by atoms with van der Waals surface area (Å²) in [6, 6.07) is 8.85. The van der Waals surface area contributed by atoms with E-state index in [1.807, 2.05) is 6.07 Å². The highest BCUT2D eigenvalue weighted by Gasteiger charge is 2.05. The number of nitrogen functional groups attached to an aromatic ring is 2. The molecular formula is C12H9ClN4. The summed E-state index contributed by atoms with van der Waals surface area (Å²) in [5.74, 6) is 0. The maximum absolute atomic E-state index is 5.95. The van der Waals surface area contributed by atoms with E-state index in [2.05, 4.69) is 9.97 Å². The van der Waals surface area contributed by atoms with Gasteiger partial charge in [0.15, 0.2) is 0 Å². The lowest BCUT2D eigenvalue weighted by Gasteiger charge is -2.04. The SMILES string of the molecule is Nc1ccc2nc3cc(Cl)c(N)cc3nc2c1. The molecule has 0 aliphatic heterocycles. The van der Waals surface area contributed by atoms with Gasteiger partial charge in [-0.25, -0.2) is 9.97 Å². The van der Waals surface area contributed by atoms with Crippen LogP contribution in [-0.4, -0.2) is 9.97 Å². The van der Waals surface area contributed by atoms with Crippen LogP contribution in [0.4, 0.5) is 11.4 Å². The van der Waals surface area contributed by atoms with Crippen LogP contribution in [0.25, 0.3) is 22.1 Å². The van der Waals surface area contributed by atoms with Crippen molar-refractivity contribution in [3.63, 3.8) is 0 Å². The summed E-state index contributed by atoms with van der Waals surface area (Å²) in [5, 5.41) is 0.488. The van der Waals surface area contributed by atoms with Gasteiger partial charge in [0.05, 0.1) is 32.8 Å². The lowest BCUT2D eigenvalue weighted by Crippen LogP contribution is -1.92. The van der Waals surface area contributed by atoms with E-state index < -0.39 is 0 Å². The van der Waals surface area contributed by atoms with Gasteiger partial charge in [-0.15, -0.1) is 0 Å². The molecule has 4 N–H and O–H groups in total. The molecule has 0 saturated heterocycles. The van der Waals surface area contributed by atoms with Crippen molar-refractivity contribution in [2.45, 2.75) is 0 Å². The Morgan fingerprint density at radius 1 is 0.824 bits per heavy atom. The number of hydrogen-bond acceptors (Lipinski definition) is 4. The summed E-state index contributed by atoms with van der Waals surface area (Å²) in [6.07, 6.45) is 0. The average molecular weight is 245 g/mol. The Balaban J connectivity index is 2.43. The third-order valence-corrected chi connectivity index (χ3v) is 2.90. The maximum Gasteiger partial charge on any atom is 0.0916 e. The number of aromatic nitrogens is 2. The van der Waals surface area contributed by atoms with Gasteiger partial charge in [0, 0.05) is 5.69 Å². The highest BCUT2D eigenvalue weighted by molar-refractivity contribution is 6.33. The summed E-state index contributed by atoms with van der Waals surface area (Å²) in [7, 11) is 0. The predicted octanol–water partition coefficient (Wildman–Crippen LogP) is 2.60. The van der Waals surface area contributed by atoms with E-state index in [9.17, 15) is 0 Å². The van der Waals surface area contributed by atoms with E-state index in [1.54, 1.807) is 24.3 Å². The Morgan fingerprint density at radius 3 is 2.29 bits per heavy atom. The number of nitrogens with zero attached hydrogens (tertiary/aromatic N) is 2. The summed E-state index contributed by atoms with van der Waals surface area (Å²) in [4.78, 5) is 8.92. The molecule has 17 heavy (non-hydrogen) atoms. The van der Waals surface area contributed by atoms with E-state index in [0.717, 1.165) is 16.6 Å². The van der Waals surface area contributed by atoms with Crippen molar-refractivity contribution in [1.82, 2.24) is 9.97 Å². The quantitative estimate of drug-likeness (QED) is 0.471. The fraction of sp³-hybridized carbons (Fsp3) is 0. The first-order chi connectivity index (χ1) is 8.13. The van der Waals surface area contributed by atoms with Crippen LogP contribution in [0.5, 0.6) is 0 Å². The van der Waals surface area contributed by atoms with Gasteiger partial charge in [0.2, 0.25) is 0 Å². The van der Waals surface area contributed by atoms with Crippen molar-refractivity contribution < 1.29 is 0 Å². The number of fused-ring (bicyclic) bond motifs is 2. The van der Waals surface area contributed by atoms with Crippen LogP contribution in [0.3, 0.4) is 0 Å². The van der Waals surface area contributed by atoms with Crippen LogP contribution in [0.2, 0.25) is 5.02 Å². The van der Waals surface area contributed by atoms with Crippen LogP contribution in [-0.2, 0) is 0 Å². The summed E-state index contributed by atoms with van der Waals surface area (Å²) >= 11 is 5.95. The minimum atomic E-state index is 0.488. The smallest absolute Gasteiger partial charge is 0.0916 e. The first-order valence-electron chi connectivity index (χ1n) is 5.05. The van der Waals surface area contributed by atoms with Crippen molar-refractivity contribution in [2.24, 2.45) is 0 Å². The molecular weight excluding hydrogens is 236 g/mol. The zero-order valence-corrected chi connectivity index (χ0v) is 9.57. The highest BCUT2D eigenvalue weighted by Crippen LogP contribution is 2.25. The zero-order chi connectivity index (χ0) is 12.0. The molecule has 0 spiro atoms. The number of anilines is 2. The van der Waals surface area contributed by atoms with E-state index in [0.29, 0.717) is 21.9 Å². The van der Waals surface area contributed by atoms with Crippen molar-refractivity contribution in [1.29, 1.82) is 0 Å². The molecule has 0 unspecified atom stereocenters. The molecule has 0 radical (unpaired) electrons. The molecule has 0 saturated carbocycles. The Morgan fingerprint density at radius 2 is 1.47 bits per heavy atom. The maximum atomic E-state index is 5.95. The van der Waals surface area contributed by atoms with Crippen LogP contribution in [0.15, 0.2) is 30.3 Å². The summed E-state index contributed by atoms with van der Waals surface area (Å²) in [6.45, 7) is 0. The molecule has 1 aromatic heterocycles. The molecule has 0 aliphatic rings. The molecule has 0 fully saturated rings. The van der Waals surface area contributed by atoms with Crippen LogP contribution in [0.1, 0.15) is 0 Å². The number of rotatable bonds is 0. The Kier molecular flexibility index (Phi) is 2.06. The third-order valence-electron chi connectivity index (χ3n) is 2.58. The zero-order valence-electron chi connectivity index (χ0n) is 8.81. The van der Waals surface area contributed by atoms with Gasteiger partial charge in [-0.1, -0.05) is 11.6 Å². The molecule has 0 amide bonds. The first kappa shape index (κ1) is 10.1. The summed E-state index contributed by atoms with van der Waals surface area (Å²) in [5.41, 5.74) is 15.6. The Labute approximate surface area is 102 Å². The molecule has 2 aromatic carbocycles. The highest BCUT2D eigenvalue weighted by atomic mass is 35.5. The molecule has 4 nitrogen and oxygen atoms in total. The van der Waals surface area contributed by atoms with E-state index >= 15 is 0 Å². The fourth-order valence-electron chi connectivity index (χ4n) is 1.73. The molecule has 1 heterocycles. The second-order valence-electron chi connectivity index (χ2n) is 3.83. The minimum absolute atomic E-state index is 0.488. The van der Waals surface area contributed by atoms with Gasteiger partial charge in [-0.3, -0.25) is 0 Å². The number of benzene rings is 2. The van der Waals surface area contributed by atoms with Crippen molar-refractivity contribution in [3.8, 4) is 0 Å². The number of nitrogens with two attached hydrogens (primary N) is 2. The van der Waals surface area contributed by atoms with Gasteiger partial charge in [-0.2, -0.15) is 0 Å². The number of halogens is 1. The molecule has 3 rings (SSSR count). The monoisotopic (exact) mass is 244 g/mol. The van der Waals surface area contributed by atoms with Gasteiger partial charge in [0.1, 0.15) is 0 Å². The third kappa shape index (κ3) is 1.62. The summed E-state index contributed by atoms with van der Waals surface area (Å²) < 4.78 is 0. The molecule has 84 valence electrons. The Hall–Kier alpha value is -2.07. The average Bonchev–Trinajstić information content (AvgIpc) is 2.28. The van der Waals surface area contributed by atoms with Gasteiger partial charge < -0.3 is 11.5 Å². The van der Waals surface area contributed by atoms with Crippen LogP contribution >= 0.6 is 11.6 Å². The van der Waals surface area contributed by atoms with E-state index in [4.69, 9.17) is 23.1 Å². The predicted molar refractivity (Wildman–Crippen MR) is 70.9 cm³/mol. The van der Waals surface area contributed by atoms with Gasteiger partial charge in [-0.05, 0) is 30.3 Å². The minimum Gasteiger partial charge on any atom is -0.399 e. The normalized spacial score (nSPS) is 11.1. The standard InChI is InChI=1S/C12H9ClN4/c13-7-4-11-12(5-8(7)15)17-10-3-6(14)1-2-9(10)16-11/h1-5H,14-15H2. The first-order valence-corrected chi connectivity index (χ1v) is 5.43. The second kappa shape index (κ2) is 3.46. The number of hydrogen-bond donors (Lipinski definition) is 2. The van der Waals surface area contributed by atoms with E-state index in [-0.39, 0.29) is 0 Å². The fourth-order valence-corrected chi connectivity index (χ4v) is 1.89. The lowest BCUT2D eigenvalue weighted by molar-refractivity contribution is 1.40. The van der Waals surface area contributed by atoms with Crippen molar-refractivity contribution >= 4 is 45.0 Å². The van der Waals surface area contributed by atoms with Gasteiger partial charge >= 0.3 is 0 Å². The topological polar surface area (TPSA) is 77.8 Å². The van der Waals surface area contributed by atoms with Gasteiger partial charge in [0.25, 0.3) is 0 Å². The molecule has 0 atom stereocenters. The molecule has 5 heteroatoms. The lowest BCUT2D eigenvalue weighted by atomic mass is 10.2. The van der Waals surface area contributed by atoms with E-state index in [1.165, 1.54) is 0 Å². The second-order valence-corrected chi connectivity index (χ2v) is 4.24. The van der Waals surface area contributed by atoms with Crippen molar-refractivity contribution in [2.75, 3.05) is 11.5 Å². The molecule has 3 aromatic rings. The van der Waals surface area contributed by atoms with Crippen molar-refractivity contribution in [3.05, 3.63) is 35.4 Å². The molecule has 0 aliphatic carbocycles. The largest absolute Gasteiger partial charge is 0.399 e. The van der Waals surface area contributed by atoms with Crippen LogP contribution in [0, 0.1) is 0 Å². The van der Waals surface area contributed by atoms with Crippen LogP contribution < -0.4 is 11.5 Å². The Bertz CT molecular complexity index is 739. The molecule has 0 bridgehead atoms.